The molecule has 0 saturated heterocycles. The van der Waals surface area contributed by atoms with Crippen LogP contribution < -0.4 is 4.74 Å². The van der Waals surface area contributed by atoms with Gasteiger partial charge in [-0.05, 0) is 41.8 Å². The summed E-state index contributed by atoms with van der Waals surface area (Å²) in [5, 5.41) is 10.9. The number of nitrogens with zero attached hydrogens (tertiary/aromatic N) is 4. The Morgan fingerprint density at radius 1 is 1.00 bits per heavy atom. The Morgan fingerprint density at radius 2 is 1.68 bits per heavy atom. The maximum atomic E-state index is 5.28. The predicted molar refractivity (Wildman–Crippen MR) is 105 cm³/mol. The molecule has 3 rings (SSSR count). The topological polar surface area (TPSA) is 52.8 Å². The molecule has 5 nitrogen and oxygen atoms in total. The van der Waals surface area contributed by atoms with Gasteiger partial charge in [-0.3, -0.25) is 9.55 Å². The molecular weight excluding hydrogens is 348 g/mol. The van der Waals surface area contributed by atoms with E-state index in [1.54, 1.807) is 31.3 Å². The van der Waals surface area contributed by atoms with Gasteiger partial charge in [0.15, 0.2) is 11.0 Å². The van der Waals surface area contributed by atoms with Crippen LogP contribution in [0, 0.1) is 0 Å². The Labute approximate surface area is 153 Å². The van der Waals surface area contributed by atoms with Crippen LogP contribution in [0.4, 0.5) is 0 Å². The van der Waals surface area contributed by atoms with Crippen molar-refractivity contribution >= 4 is 19.8 Å². The minimum absolute atomic E-state index is 0.825. The molecule has 0 aliphatic carbocycles. The molecule has 0 spiro atoms. The fourth-order valence-electron chi connectivity index (χ4n) is 2.30. The largest absolute Gasteiger partial charge is 0.497 e. The molecule has 0 N–H and O–H groups in total. The second-order valence-electron chi connectivity index (χ2n) is 6.92. The summed E-state index contributed by atoms with van der Waals surface area (Å²) in [5.74, 6) is 1.66. The number of hydrogen-bond acceptors (Lipinski definition) is 5. The van der Waals surface area contributed by atoms with E-state index < -0.39 is 8.07 Å². The lowest BCUT2D eigenvalue weighted by Gasteiger charge is -2.16. The molecule has 2 aromatic heterocycles. The van der Waals surface area contributed by atoms with Gasteiger partial charge >= 0.3 is 0 Å². The zero-order chi connectivity index (χ0) is 17.9. The quantitative estimate of drug-likeness (QED) is 0.478. The van der Waals surface area contributed by atoms with E-state index in [-0.39, 0.29) is 0 Å². The molecule has 0 aliphatic heterocycles. The van der Waals surface area contributed by atoms with Crippen molar-refractivity contribution in [3.05, 3.63) is 48.8 Å². The summed E-state index contributed by atoms with van der Waals surface area (Å²) in [4.78, 5) is 4.10. The minimum Gasteiger partial charge on any atom is -0.497 e. The van der Waals surface area contributed by atoms with Gasteiger partial charge in [-0.25, -0.2) is 0 Å². The predicted octanol–water partition coefficient (Wildman–Crippen LogP) is 4.31. The summed E-state index contributed by atoms with van der Waals surface area (Å²) in [5.41, 5.74) is 2.02. The van der Waals surface area contributed by atoms with Gasteiger partial charge in [0, 0.05) is 23.6 Å². The number of pyridine rings is 1. The highest BCUT2D eigenvalue weighted by Crippen LogP contribution is 2.29. The summed E-state index contributed by atoms with van der Waals surface area (Å²) in [6.07, 6.45) is 3.55. The van der Waals surface area contributed by atoms with Gasteiger partial charge in [0.25, 0.3) is 0 Å². The lowest BCUT2D eigenvalue weighted by atomic mass is 10.2. The number of methoxy groups -OCH3 is 1. The first-order valence-electron chi connectivity index (χ1n) is 8.11. The molecule has 0 saturated carbocycles. The fraction of sp³-hybridized carbons (Fsp3) is 0.278. The maximum absolute atomic E-state index is 5.28. The highest BCUT2D eigenvalue weighted by atomic mass is 32.2. The maximum Gasteiger partial charge on any atom is 0.195 e. The Kier molecular flexibility index (Phi) is 5.24. The Hall–Kier alpha value is -2.12. The average molecular weight is 371 g/mol. The van der Waals surface area contributed by atoms with Crippen LogP contribution in [0.1, 0.15) is 0 Å². The molecule has 0 fully saturated rings. The lowest BCUT2D eigenvalue weighted by Crippen LogP contribution is -2.24. The standard InChI is InChI=1S/C18H22N4OSSi/c1-23-16-7-5-15(6-8-16)22-17(14-9-11-19-12-10-14)20-21-18(22)24-13-25(2,3)4/h5-12H,13H2,1-4H3. The average Bonchev–Trinajstić information content (AvgIpc) is 3.04. The van der Waals surface area contributed by atoms with Crippen molar-refractivity contribution in [3.8, 4) is 22.8 Å². The van der Waals surface area contributed by atoms with Crippen molar-refractivity contribution in [2.75, 3.05) is 12.5 Å². The van der Waals surface area contributed by atoms with Crippen LogP contribution in [-0.4, -0.2) is 40.3 Å². The molecular formula is C18H22N4OSSi. The number of benzene rings is 1. The second-order valence-corrected chi connectivity index (χ2v) is 13.9. The summed E-state index contributed by atoms with van der Waals surface area (Å²) < 4.78 is 7.39. The molecule has 25 heavy (non-hydrogen) atoms. The molecule has 1 aromatic carbocycles. The van der Waals surface area contributed by atoms with Gasteiger partial charge in [0.05, 0.1) is 15.2 Å². The van der Waals surface area contributed by atoms with Crippen molar-refractivity contribution in [2.45, 2.75) is 24.8 Å². The van der Waals surface area contributed by atoms with Gasteiger partial charge < -0.3 is 4.74 Å². The minimum atomic E-state index is -1.20. The first-order valence-corrected chi connectivity index (χ1v) is 12.8. The van der Waals surface area contributed by atoms with Gasteiger partial charge in [-0.1, -0.05) is 31.4 Å². The third-order valence-corrected chi connectivity index (χ3v) is 8.10. The van der Waals surface area contributed by atoms with E-state index >= 15 is 0 Å². The zero-order valence-electron chi connectivity index (χ0n) is 14.9. The molecule has 3 aromatic rings. The van der Waals surface area contributed by atoms with E-state index in [0.717, 1.165) is 33.4 Å². The van der Waals surface area contributed by atoms with Crippen LogP contribution in [0.25, 0.3) is 17.1 Å². The lowest BCUT2D eigenvalue weighted by molar-refractivity contribution is 0.414. The van der Waals surface area contributed by atoms with Crippen molar-refractivity contribution < 1.29 is 4.74 Å². The Morgan fingerprint density at radius 3 is 2.28 bits per heavy atom. The van der Waals surface area contributed by atoms with Crippen LogP contribution >= 0.6 is 11.8 Å². The Balaban J connectivity index is 2.05. The van der Waals surface area contributed by atoms with Gasteiger partial charge in [-0.2, -0.15) is 0 Å². The fourth-order valence-corrected chi connectivity index (χ4v) is 4.96. The third-order valence-electron chi connectivity index (χ3n) is 3.54. The summed E-state index contributed by atoms with van der Waals surface area (Å²) in [7, 11) is 0.475. The highest BCUT2D eigenvalue weighted by molar-refractivity contribution is 8.00. The molecule has 7 heteroatoms. The first kappa shape index (κ1) is 17.7. The summed E-state index contributed by atoms with van der Waals surface area (Å²) in [6, 6.07) is 11.9. The number of hydrogen-bond donors (Lipinski definition) is 0. The molecule has 0 bridgehead atoms. The van der Waals surface area contributed by atoms with Gasteiger partial charge in [0.1, 0.15) is 5.75 Å². The van der Waals surface area contributed by atoms with Gasteiger partial charge in [-0.15, -0.1) is 10.2 Å². The normalized spacial score (nSPS) is 11.5. The number of aromatic nitrogens is 4. The number of ether oxygens (including phenoxy) is 1. The molecule has 2 heterocycles. The highest BCUT2D eigenvalue weighted by Gasteiger charge is 2.20. The smallest absolute Gasteiger partial charge is 0.195 e. The van der Waals surface area contributed by atoms with Crippen LogP contribution in [0.15, 0.2) is 53.9 Å². The Bertz CT molecular complexity index is 829. The van der Waals surface area contributed by atoms with Crippen molar-refractivity contribution in [1.29, 1.82) is 0 Å². The molecule has 130 valence electrons. The van der Waals surface area contributed by atoms with Crippen LogP contribution in [-0.2, 0) is 0 Å². The van der Waals surface area contributed by atoms with E-state index in [0.29, 0.717) is 0 Å². The van der Waals surface area contributed by atoms with Crippen LogP contribution in [0.3, 0.4) is 0 Å². The van der Waals surface area contributed by atoms with Crippen LogP contribution in [0.2, 0.25) is 19.6 Å². The van der Waals surface area contributed by atoms with E-state index in [4.69, 9.17) is 4.74 Å². The van der Waals surface area contributed by atoms with Gasteiger partial charge in [0.2, 0.25) is 0 Å². The molecule has 0 atom stereocenters. The zero-order valence-corrected chi connectivity index (χ0v) is 16.7. The van der Waals surface area contributed by atoms with Crippen molar-refractivity contribution in [1.82, 2.24) is 19.7 Å². The van der Waals surface area contributed by atoms with Crippen molar-refractivity contribution in [3.63, 3.8) is 0 Å². The van der Waals surface area contributed by atoms with E-state index in [9.17, 15) is 0 Å². The van der Waals surface area contributed by atoms with Crippen LogP contribution in [0.5, 0.6) is 5.75 Å². The van der Waals surface area contributed by atoms with E-state index in [1.807, 2.05) is 36.4 Å². The van der Waals surface area contributed by atoms with E-state index in [2.05, 4.69) is 39.4 Å². The van der Waals surface area contributed by atoms with Crippen molar-refractivity contribution in [2.24, 2.45) is 0 Å². The third kappa shape index (κ3) is 4.29. The summed E-state index contributed by atoms with van der Waals surface area (Å²) in [6.45, 7) is 7.08. The first-order chi connectivity index (χ1) is 12.0. The molecule has 0 unspecified atom stereocenters. The SMILES string of the molecule is COc1ccc(-n2c(SC[Si](C)(C)C)nnc2-c2ccncc2)cc1. The molecule has 0 amide bonds. The second kappa shape index (κ2) is 7.41. The van der Waals surface area contributed by atoms with E-state index in [1.165, 1.54) is 0 Å². The molecule has 0 radical (unpaired) electrons. The molecule has 0 aliphatic rings. The number of rotatable bonds is 6. The number of thioether (sulfide) groups is 1. The summed E-state index contributed by atoms with van der Waals surface area (Å²) >= 11 is 1.78. The monoisotopic (exact) mass is 370 g/mol.